The maximum Gasteiger partial charge on any atom is 0.145 e. The lowest BCUT2D eigenvalue weighted by molar-refractivity contribution is 0.393. The van der Waals surface area contributed by atoms with Crippen molar-refractivity contribution in [3.63, 3.8) is 0 Å². The molecule has 7 heteroatoms. The van der Waals surface area contributed by atoms with Crippen LogP contribution < -0.4 is 16.0 Å². The maximum atomic E-state index is 14.2. The van der Waals surface area contributed by atoms with Gasteiger partial charge in [-0.1, -0.05) is 6.07 Å². The Balaban J connectivity index is 2.69. The highest BCUT2D eigenvalue weighted by atomic mass is 79.9. The fraction of sp³-hybridized carbons (Fsp3) is 0.143. The molecular weight excluding hydrogens is 349 g/mol. The minimum absolute atomic E-state index is 0.0504. The average Bonchev–Trinajstić information content (AvgIpc) is 2.48. The maximum absolute atomic E-state index is 14.2. The summed E-state index contributed by atoms with van der Waals surface area (Å²) < 4.78 is 47.4. The van der Waals surface area contributed by atoms with Crippen LogP contribution in [0, 0.1) is 17.5 Å². The van der Waals surface area contributed by atoms with E-state index in [0.29, 0.717) is 0 Å². The van der Waals surface area contributed by atoms with Crippen LogP contribution in [0.3, 0.4) is 0 Å². The Morgan fingerprint density at radius 3 is 2.38 bits per heavy atom. The van der Waals surface area contributed by atoms with Crippen LogP contribution in [0.15, 0.2) is 34.8 Å². The lowest BCUT2D eigenvalue weighted by atomic mass is 9.97. The van der Waals surface area contributed by atoms with Crippen LogP contribution >= 0.6 is 15.9 Å². The van der Waals surface area contributed by atoms with Gasteiger partial charge in [0.25, 0.3) is 0 Å². The van der Waals surface area contributed by atoms with Gasteiger partial charge in [-0.3, -0.25) is 5.84 Å². The molecule has 0 radical (unpaired) electrons. The van der Waals surface area contributed by atoms with Gasteiger partial charge in [-0.25, -0.2) is 18.6 Å². The van der Waals surface area contributed by atoms with E-state index in [1.807, 2.05) is 0 Å². The Hall–Kier alpha value is -1.57. The first-order valence-corrected chi connectivity index (χ1v) is 6.72. The molecule has 0 bridgehead atoms. The quantitative estimate of drug-likeness (QED) is 0.498. The zero-order chi connectivity index (χ0) is 15.6. The highest BCUT2D eigenvalue weighted by Gasteiger charge is 2.27. The van der Waals surface area contributed by atoms with Crippen molar-refractivity contribution in [2.75, 3.05) is 7.11 Å². The van der Waals surface area contributed by atoms with E-state index in [1.54, 1.807) is 0 Å². The van der Waals surface area contributed by atoms with Gasteiger partial charge in [-0.2, -0.15) is 0 Å². The van der Waals surface area contributed by atoms with E-state index >= 15 is 0 Å². The highest BCUT2D eigenvalue weighted by Crippen LogP contribution is 2.35. The second-order valence-electron chi connectivity index (χ2n) is 4.21. The normalized spacial score (nSPS) is 12.3. The Labute approximate surface area is 128 Å². The number of nitrogens with two attached hydrogens (primary N) is 1. The SMILES string of the molecule is COc1cccc(F)c1C(NN)c1c(F)ccc(Br)c1F. The monoisotopic (exact) mass is 360 g/mol. The third kappa shape index (κ3) is 2.90. The van der Waals surface area contributed by atoms with Crippen molar-refractivity contribution in [2.45, 2.75) is 6.04 Å². The number of ether oxygens (including phenoxy) is 1. The van der Waals surface area contributed by atoms with Gasteiger partial charge in [0.05, 0.1) is 23.2 Å². The largest absolute Gasteiger partial charge is 0.496 e. The molecule has 0 aliphatic heterocycles. The topological polar surface area (TPSA) is 47.3 Å². The molecule has 0 amide bonds. The van der Waals surface area contributed by atoms with E-state index < -0.39 is 29.1 Å². The van der Waals surface area contributed by atoms with Gasteiger partial charge in [0, 0.05) is 5.56 Å². The Morgan fingerprint density at radius 2 is 1.76 bits per heavy atom. The summed E-state index contributed by atoms with van der Waals surface area (Å²) in [7, 11) is 1.33. The third-order valence-corrected chi connectivity index (χ3v) is 3.67. The summed E-state index contributed by atoms with van der Waals surface area (Å²) in [4.78, 5) is 0. The van der Waals surface area contributed by atoms with Crippen molar-refractivity contribution in [1.29, 1.82) is 0 Å². The van der Waals surface area contributed by atoms with Crippen molar-refractivity contribution >= 4 is 15.9 Å². The minimum atomic E-state index is -1.24. The van der Waals surface area contributed by atoms with Crippen LogP contribution in [0.5, 0.6) is 5.75 Å². The number of hydrazine groups is 1. The Morgan fingerprint density at radius 1 is 1.10 bits per heavy atom. The van der Waals surface area contributed by atoms with Crippen molar-refractivity contribution in [2.24, 2.45) is 5.84 Å². The molecule has 3 N–H and O–H groups in total. The second-order valence-corrected chi connectivity index (χ2v) is 5.07. The van der Waals surface area contributed by atoms with Crippen LogP contribution in [-0.4, -0.2) is 7.11 Å². The summed E-state index contributed by atoms with van der Waals surface area (Å²) in [5.41, 5.74) is 1.77. The molecule has 0 aliphatic rings. The van der Waals surface area contributed by atoms with Gasteiger partial charge in [0.2, 0.25) is 0 Å². The summed E-state index contributed by atoms with van der Waals surface area (Å²) >= 11 is 2.97. The van der Waals surface area contributed by atoms with Crippen molar-refractivity contribution in [3.8, 4) is 5.75 Å². The fourth-order valence-electron chi connectivity index (χ4n) is 2.09. The van der Waals surface area contributed by atoms with Gasteiger partial charge in [-0.05, 0) is 40.2 Å². The summed E-state index contributed by atoms with van der Waals surface area (Å²) in [5.74, 6) is 3.15. The molecule has 112 valence electrons. The van der Waals surface area contributed by atoms with E-state index in [4.69, 9.17) is 10.6 Å². The molecule has 0 saturated heterocycles. The molecule has 0 spiro atoms. The molecule has 0 fully saturated rings. The fourth-order valence-corrected chi connectivity index (χ4v) is 2.44. The number of rotatable bonds is 4. The number of nitrogens with one attached hydrogen (secondary N) is 1. The summed E-state index contributed by atoms with van der Waals surface area (Å²) in [5, 5.41) is 0. The van der Waals surface area contributed by atoms with Gasteiger partial charge in [-0.15, -0.1) is 0 Å². The standard InChI is InChI=1S/C14H12BrF3N2O/c1-21-10-4-2-3-8(16)11(10)14(20-19)12-9(17)6-5-7(15)13(12)18/h2-6,14,20H,19H2,1H3. The van der Waals surface area contributed by atoms with Crippen LogP contribution in [0.25, 0.3) is 0 Å². The number of halogens is 4. The first-order valence-electron chi connectivity index (χ1n) is 5.93. The smallest absolute Gasteiger partial charge is 0.145 e. The van der Waals surface area contributed by atoms with Crippen LogP contribution in [0.1, 0.15) is 17.2 Å². The number of hydrogen-bond acceptors (Lipinski definition) is 3. The third-order valence-electron chi connectivity index (χ3n) is 3.06. The molecule has 2 rings (SSSR count). The van der Waals surface area contributed by atoms with Crippen LogP contribution in [0.4, 0.5) is 13.2 Å². The number of benzene rings is 2. The van der Waals surface area contributed by atoms with E-state index in [9.17, 15) is 13.2 Å². The molecule has 0 saturated carbocycles. The van der Waals surface area contributed by atoms with Gasteiger partial charge in [0.1, 0.15) is 23.2 Å². The minimum Gasteiger partial charge on any atom is -0.496 e. The zero-order valence-electron chi connectivity index (χ0n) is 11.0. The highest BCUT2D eigenvalue weighted by molar-refractivity contribution is 9.10. The number of methoxy groups -OCH3 is 1. The van der Waals surface area contributed by atoms with Crippen molar-refractivity contribution in [1.82, 2.24) is 5.43 Å². The molecule has 1 unspecified atom stereocenters. The molecule has 0 heterocycles. The molecular formula is C14H12BrF3N2O. The predicted molar refractivity (Wildman–Crippen MR) is 76.2 cm³/mol. The van der Waals surface area contributed by atoms with E-state index in [2.05, 4.69) is 21.4 Å². The predicted octanol–water partition coefficient (Wildman–Crippen LogP) is 3.43. The molecule has 21 heavy (non-hydrogen) atoms. The van der Waals surface area contributed by atoms with Crippen molar-refractivity contribution < 1.29 is 17.9 Å². The average molecular weight is 361 g/mol. The van der Waals surface area contributed by atoms with Gasteiger partial charge >= 0.3 is 0 Å². The van der Waals surface area contributed by atoms with Crippen LogP contribution in [0.2, 0.25) is 0 Å². The zero-order valence-corrected chi connectivity index (χ0v) is 12.5. The summed E-state index contributed by atoms with van der Waals surface area (Å²) in [6.07, 6.45) is 0. The van der Waals surface area contributed by atoms with Crippen molar-refractivity contribution in [3.05, 3.63) is 63.4 Å². The van der Waals surface area contributed by atoms with E-state index in [0.717, 1.165) is 12.1 Å². The lowest BCUT2D eigenvalue weighted by Gasteiger charge is -2.21. The van der Waals surface area contributed by atoms with Gasteiger partial charge < -0.3 is 4.74 Å². The molecule has 0 aromatic heterocycles. The molecule has 2 aromatic carbocycles. The van der Waals surface area contributed by atoms with E-state index in [-0.39, 0.29) is 15.8 Å². The molecule has 0 aliphatic carbocycles. The number of hydrogen-bond donors (Lipinski definition) is 2. The van der Waals surface area contributed by atoms with Gasteiger partial charge in [0.15, 0.2) is 0 Å². The second kappa shape index (κ2) is 6.46. The molecule has 3 nitrogen and oxygen atoms in total. The first kappa shape index (κ1) is 15.8. The summed E-state index contributed by atoms with van der Waals surface area (Å²) in [6, 6.07) is 5.13. The Bertz CT molecular complexity index is 667. The van der Waals surface area contributed by atoms with E-state index in [1.165, 1.54) is 25.3 Å². The molecule has 1 atom stereocenters. The first-order chi connectivity index (χ1) is 10.0. The molecule has 2 aromatic rings. The lowest BCUT2D eigenvalue weighted by Crippen LogP contribution is -2.31. The Kier molecular flexibility index (Phi) is 4.87. The summed E-state index contributed by atoms with van der Waals surface area (Å²) in [6.45, 7) is 0. The van der Waals surface area contributed by atoms with Crippen LogP contribution in [-0.2, 0) is 0 Å².